The van der Waals surface area contributed by atoms with E-state index < -0.39 is 5.97 Å². The molecule has 0 fully saturated rings. The quantitative estimate of drug-likeness (QED) is 0.567. The number of carbonyl (C=O) groups is 2. The van der Waals surface area contributed by atoms with Crippen molar-refractivity contribution >= 4 is 23.9 Å². The maximum atomic E-state index is 11.2. The number of nitrogens with zero attached hydrogens (tertiary/aromatic N) is 1. The summed E-state index contributed by atoms with van der Waals surface area (Å²) < 4.78 is 4.47. The average molecular weight is 224 g/mol. The molecule has 1 aromatic carbocycles. The first-order valence-electron chi connectivity index (χ1n) is 3.91. The Balaban J connectivity index is 3.41. The first-order chi connectivity index (χ1) is 7.13. The lowest BCUT2D eigenvalue weighted by Gasteiger charge is -2.03. The highest BCUT2D eigenvalue weighted by Crippen LogP contribution is 2.20. The van der Waals surface area contributed by atoms with Gasteiger partial charge in [-0.05, 0) is 12.1 Å². The number of methoxy groups -OCH3 is 1. The molecule has 0 N–H and O–H groups in total. The third kappa shape index (κ3) is 2.14. The lowest BCUT2D eigenvalue weighted by molar-refractivity contribution is 0.0600. The van der Waals surface area contributed by atoms with Gasteiger partial charge in [0.25, 0.3) is 0 Å². The fraction of sp³-hybridized carbons (Fsp3) is 0.100. The molecule has 0 saturated carbocycles. The van der Waals surface area contributed by atoms with Crippen LogP contribution in [0, 0.1) is 11.3 Å². The molecule has 0 aliphatic rings. The summed E-state index contributed by atoms with van der Waals surface area (Å²) in [7, 11) is 1.20. The molecular weight excluding hydrogens is 218 g/mol. The fourth-order valence-electron chi connectivity index (χ4n) is 1.05. The molecule has 0 aliphatic heterocycles. The lowest BCUT2D eigenvalue weighted by atomic mass is 10.1. The Bertz CT molecular complexity index is 462. The Labute approximate surface area is 91.0 Å². The molecule has 5 heteroatoms. The summed E-state index contributed by atoms with van der Waals surface area (Å²) in [5.74, 6) is -0.661. The monoisotopic (exact) mass is 223 g/mol. The molecule has 0 radical (unpaired) electrons. The maximum Gasteiger partial charge on any atom is 0.339 e. The summed E-state index contributed by atoms with van der Waals surface area (Å²) in [6.45, 7) is 0. The topological polar surface area (TPSA) is 67.2 Å². The van der Waals surface area contributed by atoms with Gasteiger partial charge in [0.15, 0.2) is 6.29 Å². The second-order valence-corrected chi connectivity index (χ2v) is 3.05. The first kappa shape index (κ1) is 11.2. The SMILES string of the molecule is COC(=O)c1cc(Cl)c(C=O)cc1C#N. The van der Waals surface area contributed by atoms with Crippen LogP contribution in [0.25, 0.3) is 0 Å². The number of benzene rings is 1. The Morgan fingerprint density at radius 3 is 2.73 bits per heavy atom. The molecule has 0 unspecified atom stereocenters. The van der Waals surface area contributed by atoms with Crippen molar-refractivity contribution in [1.29, 1.82) is 5.26 Å². The summed E-state index contributed by atoms with van der Waals surface area (Å²) in [4.78, 5) is 21.8. The van der Waals surface area contributed by atoms with E-state index in [1.807, 2.05) is 0 Å². The van der Waals surface area contributed by atoms with Gasteiger partial charge in [-0.25, -0.2) is 4.79 Å². The zero-order chi connectivity index (χ0) is 11.4. The molecule has 0 bridgehead atoms. The molecule has 1 aromatic rings. The van der Waals surface area contributed by atoms with E-state index in [0.29, 0.717) is 6.29 Å². The highest BCUT2D eigenvalue weighted by atomic mass is 35.5. The van der Waals surface area contributed by atoms with Crippen molar-refractivity contribution in [3.63, 3.8) is 0 Å². The Morgan fingerprint density at radius 1 is 1.60 bits per heavy atom. The van der Waals surface area contributed by atoms with E-state index >= 15 is 0 Å². The van der Waals surface area contributed by atoms with E-state index in [-0.39, 0.29) is 21.7 Å². The van der Waals surface area contributed by atoms with Crippen LogP contribution in [0.3, 0.4) is 0 Å². The Kier molecular flexibility index (Phi) is 3.42. The zero-order valence-electron chi connectivity index (χ0n) is 7.78. The van der Waals surface area contributed by atoms with Crippen molar-refractivity contribution in [1.82, 2.24) is 0 Å². The standard InChI is InChI=1S/C10H6ClNO3/c1-15-10(14)8-3-9(11)7(5-13)2-6(8)4-12/h2-3,5H,1H3. The van der Waals surface area contributed by atoms with Gasteiger partial charge in [0.05, 0.1) is 23.3 Å². The molecule has 76 valence electrons. The normalized spacial score (nSPS) is 9.13. The molecule has 1 rings (SSSR count). The minimum absolute atomic E-state index is 0.0515. The van der Waals surface area contributed by atoms with Gasteiger partial charge in [-0.1, -0.05) is 11.6 Å². The van der Waals surface area contributed by atoms with Gasteiger partial charge >= 0.3 is 5.97 Å². The number of nitriles is 1. The summed E-state index contributed by atoms with van der Waals surface area (Å²) in [6.07, 6.45) is 0.518. The van der Waals surface area contributed by atoms with Crippen molar-refractivity contribution in [3.8, 4) is 6.07 Å². The number of aldehydes is 1. The summed E-state index contributed by atoms with van der Waals surface area (Å²) >= 11 is 5.71. The summed E-state index contributed by atoms with van der Waals surface area (Å²) in [5.41, 5.74) is 0.282. The van der Waals surface area contributed by atoms with Gasteiger partial charge < -0.3 is 4.74 Å². The van der Waals surface area contributed by atoms with Crippen LogP contribution >= 0.6 is 11.6 Å². The van der Waals surface area contributed by atoms with Crippen molar-refractivity contribution in [2.75, 3.05) is 7.11 Å². The highest BCUT2D eigenvalue weighted by Gasteiger charge is 2.14. The lowest BCUT2D eigenvalue weighted by Crippen LogP contribution is -2.05. The van der Waals surface area contributed by atoms with E-state index in [1.54, 1.807) is 6.07 Å². The Hall–Kier alpha value is -1.86. The second kappa shape index (κ2) is 4.58. The van der Waals surface area contributed by atoms with Crippen LogP contribution in [-0.4, -0.2) is 19.4 Å². The predicted octanol–water partition coefficient (Wildman–Crippen LogP) is 1.81. The van der Waals surface area contributed by atoms with E-state index in [2.05, 4.69) is 4.74 Å². The van der Waals surface area contributed by atoms with E-state index in [9.17, 15) is 9.59 Å². The van der Waals surface area contributed by atoms with Crippen molar-refractivity contribution < 1.29 is 14.3 Å². The van der Waals surface area contributed by atoms with Crippen molar-refractivity contribution in [2.24, 2.45) is 0 Å². The van der Waals surface area contributed by atoms with Crippen LogP contribution in [0.2, 0.25) is 5.02 Å². The third-order valence-corrected chi connectivity index (χ3v) is 2.12. The number of halogens is 1. The van der Waals surface area contributed by atoms with Gasteiger partial charge in [0.1, 0.15) is 6.07 Å². The smallest absolute Gasteiger partial charge is 0.339 e. The van der Waals surface area contributed by atoms with Crippen LogP contribution in [0.4, 0.5) is 0 Å². The number of hydrogen-bond donors (Lipinski definition) is 0. The number of esters is 1. The first-order valence-corrected chi connectivity index (χ1v) is 4.29. The molecule has 4 nitrogen and oxygen atoms in total. The second-order valence-electron chi connectivity index (χ2n) is 2.64. The van der Waals surface area contributed by atoms with Crippen LogP contribution in [0.5, 0.6) is 0 Å². The fourth-order valence-corrected chi connectivity index (χ4v) is 1.26. The summed E-state index contributed by atoms with van der Waals surface area (Å²) in [5, 5.41) is 8.87. The van der Waals surface area contributed by atoms with Gasteiger partial charge in [-0.2, -0.15) is 5.26 Å². The van der Waals surface area contributed by atoms with Gasteiger partial charge in [-0.15, -0.1) is 0 Å². The minimum atomic E-state index is -0.661. The largest absolute Gasteiger partial charge is 0.465 e. The molecule has 0 aromatic heterocycles. The number of rotatable bonds is 2. The highest BCUT2D eigenvalue weighted by molar-refractivity contribution is 6.33. The number of ether oxygens (including phenoxy) is 1. The van der Waals surface area contributed by atoms with Crippen molar-refractivity contribution in [3.05, 3.63) is 33.8 Å². The van der Waals surface area contributed by atoms with E-state index in [4.69, 9.17) is 16.9 Å². The number of hydrogen-bond acceptors (Lipinski definition) is 4. The Morgan fingerprint density at radius 2 is 2.27 bits per heavy atom. The molecule has 0 heterocycles. The van der Waals surface area contributed by atoms with E-state index in [1.165, 1.54) is 19.2 Å². The molecule has 0 atom stereocenters. The van der Waals surface area contributed by atoms with Crippen LogP contribution in [-0.2, 0) is 4.74 Å². The molecule has 0 spiro atoms. The minimum Gasteiger partial charge on any atom is -0.465 e. The zero-order valence-corrected chi connectivity index (χ0v) is 8.54. The average Bonchev–Trinajstić information content (AvgIpc) is 2.27. The predicted molar refractivity (Wildman–Crippen MR) is 52.9 cm³/mol. The molecular formula is C10H6ClNO3. The third-order valence-electron chi connectivity index (χ3n) is 1.79. The molecule has 0 amide bonds. The van der Waals surface area contributed by atoms with Gasteiger partial charge in [-0.3, -0.25) is 4.79 Å². The van der Waals surface area contributed by atoms with Crippen LogP contribution < -0.4 is 0 Å². The van der Waals surface area contributed by atoms with Crippen molar-refractivity contribution in [2.45, 2.75) is 0 Å². The molecule has 0 saturated heterocycles. The number of carbonyl (C=O) groups excluding carboxylic acids is 2. The van der Waals surface area contributed by atoms with Crippen LogP contribution in [0.1, 0.15) is 26.3 Å². The summed E-state index contributed by atoms with van der Waals surface area (Å²) in [6, 6.07) is 4.29. The van der Waals surface area contributed by atoms with E-state index in [0.717, 1.165) is 0 Å². The molecule has 15 heavy (non-hydrogen) atoms. The molecule has 0 aliphatic carbocycles. The maximum absolute atomic E-state index is 11.2. The van der Waals surface area contributed by atoms with Gasteiger partial charge in [0, 0.05) is 5.56 Å². The van der Waals surface area contributed by atoms with Gasteiger partial charge in [0.2, 0.25) is 0 Å². The van der Waals surface area contributed by atoms with Crippen LogP contribution in [0.15, 0.2) is 12.1 Å².